The molecule has 2 aromatic carbocycles. The minimum Gasteiger partial charge on any atom is -0.486 e. The van der Waals surface area contributed by atoms with Gasteiger partial charge < -0.3 is 25.2 Å². The van der Waals surface area contributed by atoms with Crippen molar-refractivity contribution < 1.29 is 14.3 Å². The molecule has 0 saturated carbocycles. The molecular formula is C32H41N7O3. The molecule has 6 heterocycles. The Morgan fingerprint density at radius 2 is 1.64 bits per heavy atom. The van der Waals surface area contributed by atoms with Gasteiger partial charge in [-0.25, -0.2) is 9.97 Å². The number of ketones is 1. The Morgan fingerprint density at radius 1 is 0.905 bits per heavy atom. The smallest absolute Gasteiger partial charge is 0.226 e. The van der Waals surface area contributed by atoms with Crippen LogP contribution < -0.4 is 15.4 Å². The van der Waals surface area contributed by atoms with Gasteiger partial charge in [0.2, 0.25) is 5.91 Å². The Labute approximate surface area is 248 Å². The fourth-order valence-electron chi connectivity index (χ4n) is 5.44. The first-order chi connectivity index (χ1) is 20.4. The van der Waals surface area contributed by atoms with Crippen LogP contribution >= 0.6 is 0 Å². The maximum atomic E-state index is 13.6. The normalized spacial score (nSPS) is 19.7. The first-order valence-electron chi connectivity index (χ1n) is 14.8. The fourth-order valence-corrected chi connectivity index (χ4v) is 5.44. The van der Waals surface area contributed by atoms with E-state index in [1.54, 1.807) is 0 Å². The quantitative estimate of drug-likeness (QED) is 0.434. The number of amides is 1. The van der Waals surface area contributed by atoms with Gasteiger partial charge in [-0.15, -0.1) is 0 Å². The van der Waals surface area contributed by atoms with Gasteiger partial charge in [0.25, 0.3) is 0 Å². The highest BCUT2D eigenvalue weighted by Gasteiger charge is 2.29. The molecule has 222 valence electrons. The Morgan fingerprint density at radius 3 is 2.38 bits per heavy atom. The van der Waals surface area contributed by atoms with E-state index in [0.29, 0.717) is 36.9 Å². The lowest BCUT2D eigenvalue weighted by Gasteiger charge is -2.36. The highest BCUT2D eigenvalue weighted by molar-refractivity contribution is 5.87. The number of benzene rings is 2. The van der Waals surface area contributed by atoms with E-state index in [9.17, 15) is 9.59 Å². The number of nitrogens with one attached hydrogen (secondary N) is 2. The maximum Gasteiger partial charge on any atom is 0.226 e. The van der Waals surface area contributed by atoms with E-state index in [1.165, 1.54) is 11.9 Å². The number of hydrogen-bond acceptors (Lipinski definition) is 9. The summed E-state index contributed by atoms with van der Waals surface area (Å²) < 4.78 is 5.81. The van der Waals surface area contributed by atoms with Crippen LogP contribution in [0.25, 0.3) is 0 Å². The van der Waals surface area contributed by atoms with Crippen LogP contribution in [0.15, 0.2) is 60.9 Å². The Hall–Kier alpha value is -4.02. The third-order valence-electron chi connectivity index (χ3n) is 7.71. The summed E-state index contributed by atoms with van der Waals surface area (Å²) in [4.78, 5) is 41.9. The van der Waals surface area contributed by atoms with Crippen molar-refractivity contribution in [1.29, 1.82) is 0 Å². The molecule has 1 unspecified atom stereocenters. The number of anilines is 4. The highest BCUT2D eigenvalue weighted by Crippen LogP contribution is 2.24. The van der Waals surface area contributed by atoms with Crippen molar-refractivity contribution >= 4 is 34.7 Å². The summed E-state index contributed by atoms with van der Waals surface area (Å²) in [7, 11) is 4.11. The van der Waals surface area contributed by atoms with Gasteiger partial charge in [0.05, 0.1) is 0 Å². The van der Waals surface area contributed by atoms with Gasteiger partial charge in [-0.1, -0.05) is 18.6 Å². The van der Waals surface area contributed by atoms with Crippen molar-refractivity contribution in [3.05, 3.63) is 66.5 Å². The van der Waals surface area contributed by atoms with E-state index in [2.05, 4.69) is 56.6 Å². The van der Waals surface area contributed by atoms with Gasteiger partial charge in [-0.05, 0) is 75.4 Å². The average molecular weight is 572 g/mol. The van der Waals surface area contributed by atoms with Crippen molar-refractivity contribution in [2.75, 3.05) is 64.1 Å². The third kappa shape index (κ3) is 8.50. The number of piperazine rings is 1. The number of rotatable bonds is 5. The van der Waals surface area contributed by atoms with Crippen molar-refractivity contribution in [3.8, 4) is 5.75 Å². The maximum absolute atomic E-state index is 13.6. The zero-order valence-electron chi connectivity index (χ0n) is 24.6. The SMILES string of the molecule is CN(C)CCCCC1CC(=O)COc2ccc(cc2)Nc2cc(ncn2)Nc2cccc(c2)CN2CCN(CC2)C1=O. The lowest BCUT2D eigenvalue weighted by atomic mass is 9.94. The number of aromatic nitrogens is 2. The van der Waals surface area contributed by atoms with E-state index >= 15 is 0 Å². The van der Waals surface area contributed by atoms with E-state index in [1.807, 2.05) is 47.4 Å². The van der Waals surface area contributed by atoms with Crippen molar-refractivity contribution in [1.82, 2.24) is 24.7 Å². The van der Waals surface area contributed by atoms with Crippen molar-refractivity contribution in [3.63, 3.8) is 0 Å². The molecule has 10 heteroatoms. The summed E-state index contributed by atoms with van der Waals surface area (Å²) in [6.07, 6.45) is 4.35. The first-order valence-corrected chi connectivity index (χ1v) is 14.8. The molecule has 1 atom stereocenters. The third-order valence-corrected chi connectivity index (χ3v) is 7.71. The number of carbonyl (C=O) groups is 2. The minimum atomic E-state index is -0.318. The molecule has 1 saturated heterocycles. The van der Waals surface area contributed by atoms with Crippen LogP contribution in [0.3, 0.4) is 0 Å². The lowest BCUT2D eigenvalue weighted by molar-refractivity contribution is -0.140. The molecule has 3 aromatic rings. The van der Waals surface area contributed by atoms with E-state index in [-0.39, 0.29) is 30.6 Å². The predicted octanol–water partition coefficient (Wildman–Crippen LogP) is 4.31. The van der Waals surface area contributed by atoms with Crippen molar-refractivity contribution in [2.45, 2.75) is 32.2 Å². The lowest BCUT2D eigenvalue weighted by Crippen LogP contribution is -2.50. The van der Waals surface area contributed by atoms with E-state index < -0.39 is 0 Å². The zero-order valence-corrected chi connectivity index (χ0v) is 24.6. The Kier molecular flexibility index (Phi) is 9.99. The van der Waals surface area contributed by atoms with Gasteiger partial charge in [0, 0.05) is 62.5 Å². The molecule has 10 nitrogen and oxygen atoms in total. The predicted molar refractivity (Wildman–Crippen MR) is 164 cm³/mol. The van der Waals surface area contributed by atoms with Gasteiger partial charge >= 0.3 is 0 Å². The second-order valence-corrected chi connectivity index (χ2v) is 11.4. The standard InChI is InChI=1S/C32H41N7O3/c1-37(2)13-4-3-7-25-19-28(40)22-42-29-11-9-26(10-12-29)35-30-20-31(34-23-33-30)36-27-8-5-6-24(18-27)21-38-14-16-39(17-15-38)32(25)41/h5-6,8-12,18,20,23,25H,3-4,7,13-17,19,21-22H2,1-2H3,(H2,33,34,35,36). The Balaban J connectivity index is 1.34. The second-order valence-electron chi connectivity index (χ2n) is 11.4. The molecule has 42 heavy (non-hydrogen) atoms. The molecule has 1 aromatic heterocycles. The summed E-state index contributed by atoms with van der Waals surface area (Å²) in [6.45, 7) is 4.64. The van der Waals surface area contributed by atoms with Gasteiger partial charge in [-0.3, -0.25) is 14.5 Å². The number of carbonyl (C=O) groups excluding carboxylic acids is 2. The van der Waals surface area contributed by atoms with Crippen LogP contribution in [0, 0.1) is 5.92 Å². The Bertz CT molecular complexity index is 1340. The largest absolute Gasteiger partial charge is 0.486 e. The monoisotopic (exact) mass is 571 g/mol. The number of ether oxygens (including phenoxy) is 1. The first kappa shape index (κ1) is 29.5. The minimum absolute atomic E-state index is 0.0541. The van der Waals surface area contributed by atoms with Gasteiger partial charge in [0.1, 0.15) is 30.3 Å². The molecule has 2 N–H and O–H groups in total. The summed E-state index contributed by atoms with van der Waals surface area (Å²) >= 11 is 0. The molecule has 0 spiro atoms. The fraction of sp³-hybridized carbons (Fsp3) is 0.438. The summed E-state index contributed by atoms with van der Waals surface area (Å²) in [5.74, 6) is 1.66. The van der Waals surface area contributed by atoms with Crippen LogP contribution in [0.1, 0.15) is 31.2 Å². The van der Waals surface area contributed by atoms with Crippen LogP contribution in [-0.2, 0) is 16.1 Å². The number of Topliss-reactive ketones (excluding diaryl/α,β-unsaturated/α-hetero) is 1. The molecule has 8 rings (SSSR count). The van der Waals surface area contributed by atoms with E-state index in [4.69, 9.17) is 4.74 Å². The van der Waals surface area contributed by atoms with Gasteiger partial charge in [-0.2, -0.15) is 0 Å². The molecule has 5 aliphatic rings. The van der Waals surface area contributed by atoms with Gasteiger partial charge in [0.15, 0.2) is 5.78 Å². The summed E-state index contributed by atoms with van der Waals surface area (Å²) in [5, 5.41) is 6.68. The number of hydrogen-bond donors (Lipinski definition) is 2. The molecule has 5 aliphatic heterocycles. The average Bonchev–Trinajstić information content (AvgIpc) is 2.98. The summed E-state index contributed by atoms with van der Waals surface area (Å²) in [5.41, 5.74) is 2.98. The van der Waals surface area contributed by atoms with Crippen LogP contribution in [0.2, 0.25) is 0 Å². The van der Waals surface area contributed by atoms with Crippen LogP contribution in [-0.4, -0.2) is 89.8 Å². The second kappa shape index (κ2) is 14.2. The highest BCUT2D eigenvalue weighted by atomic mass is 16.5. The zero-order chi connectivity index (χ0) is 29.3. The molecule has 0 radical (unpaired) electrons. The number of nitrogens with zero attached hydrogens (tertiary/aromatic N) is 5. The van der Waals surface area contributed by atoms with Crippen LogP contribution in [0.4, 0.5) is 23.0 Å². The molecular weight excluding hydrogens is 530 g/mol. The van der Waals surface area contributed by atoms with Crippen molar-refractivity contribution in [2.24, 2.45) is 5.92 Å². The molecule has 1 amide bonds. The molecule has 0 aliphatic carbocycles. The van der Waals surface area contributed by atoms with Crippen LogP contribution in [0.5, 0.6) is 5.75 Å². The summed E-state index contributed by atoms with van der Waals surface area (Å²) in [6, 6.07) is 17.6. The molecule has 8 bridgehead atoms. The molecule has 1 fully saturated rings. The van der Waals surface area contributed by atoms with E-state index in [0.717, 1.165) is 50.4 Å². The topological polar surface area (TPSA) is 103 Å². The number of unbranched alkanes of at least 4 members (excludes halogenated alkanes) is 1.